The molecular formula is C23H17ClF6N6O. The summed E-state index contributed by atoms with van der Waals surface area (Å²) in [7, 11) is 0. The summed E-state index contributed by atoms with van der Waals surface area (Å²) in [6, 6.07) is 4.62. The number of carbonyl (C=O) groups excluding carboxylic acids is 1. The molecular weight excluding hydrogens is 526 g/mol. The van der Waals surface area contributed by atoms with Crippen LogP contribution >= 0.6 is 11.6 Å². The van der Waals surface area contributed by atoms with E-state index in [2.05, 4.69) is 20.2 Å². The number of H-pyrrole nitrogens is 1. The first-order valence-corrected chi connectivity index (χ1v) is 11.3. The van der Waals surface area contributed by atoms with Crippen LogP contribution in [0.1, 0.15) is 47.1 Å². The third kappa shape index (κ3) is 4.30. The third-order valence-corrected chi connectivity index (χ3v) is 6.77. The number of carbonyl (C=O) groups is 1. The normalized spacial score (nSPS) is 18.6. The minimum absolute atomic E-state index is 0.00671. The molecule has 1 atom stereocenters. The van der Waals surface area contributed by atoms with Gasteiger partial charge in [-0.1, -0.05) is 11.6 Å². The number of alkyl halides is 6. The van der Waals surface area contributed by atoms with Crippen molar-refractivity contribution in [3.63, 3.8) is 0 Å². The van der Waals surface area contributed by atoms with E-state index >= 15 is 0 Å². The number of likely N-dealkylation sites (tertiary alicyclic amines) is 1. The first kappa shape index (κ1) is 25.1. The molecule has 1 saturated heterocycles. The molecule has 1 aliphatic rings. The molecule has 4 aromatic rings. The molecule has 0 spiro atoms. The standard InChI is InChI=1S/C23H17ClF6N6O/c1-21(20-33-16-10-14(23(28,29)30)15(24)11-17(16)34-20)5-2-8-35(21)19(37)13-9-12(22(25,26)27)3-4-18(13)36-31-6-7-32-36/h3-4,6-7,9-11H,2,5,8H2,1H3,(H,33,34). The highest BCUT2D eigenvalue weighted by Crippen LogP contribution is 2.42. The van der Waals surface area contributed by atoms with Gasteiger partial charge in [0.05, 0.1) is 56.4 Å². The summed E-state index contributed by atoms with van der Waals surface area (Å²) in [6.07, 6.45) is -5.89. The lowest BCUT2D eigenvalue weighted by atomic mass is 9.96. The zero-order valence-corrected chi connectivity index (χ0v) is 19.7. The van der Waals surface area contributed by atoms with Crippen LogP contribution in [0.15, 0.2) is 42.7 Å². The molecule has 0 bridgehead atoms. The molecule has 194 valence electrons. The van der Waals surface area contributed by atoms with Crippen LogP contribution < -0.4 is 0 Å². The van der Waals surface area contributed by atoms with E-state index in [1.165, 1.54) is 17.3 Å². The van der Waals surface area contributed by atoms with Crippen LogP contribution in [-0.2, 0) is 17.9 Å². The molecule has 0 aliphatic carbocycles. The Kier molecular flexibility index (Phi) is 5.73. The van der Waals surface area contributed by atoms with Gasteiger partial charge in [-0.25, -0.2) is 4.98 Å². The maximum atomic E-state index is 13.8. The largest absolute Gasteiger partial charge is 0.417 e. The van der Waals surface area contributed by atoms with E-state index in [9.17, 15) is 31.1 Å². The first-order valence-electron chi connectivity index (χ1n) is 11.0. The van der Waals surface area contributed by atoms with Crippen molar-refractivity contribution in [2.24, 2.45) is 0 Å². The Morgan fingerprint density at radius 2 is 1.76 bits per heavy atom. The summed E-state index contributed by atoms with van der Waals surface area (Å²) in [4.78, 5) is 23.4. The molecule has 1 aliphatic heterocycles. The maximum absolute atomic E-state index is 13.8. The van der Waals surface area contributed by atoms with Crippen molar-refractivity contribution in [1.29, 1.82) is 0 Å². The summed E-state index contributed by atoms with van der Waals surface area (Å²) in [5.41, 5.74) is -3.23. The lowest BCUT2D eigenvalue weighted by molar-refractivity contribution is -0.138. The number of halogens is 7. The predicted molar refractivity (Wildman–Crippen MR) is 120 cm³/mol. The van der Waals surface area contributed by atoms with Gasteiger partial charge in [0.15, 0.2) is 0 Å². The van der Waals surface area contributed by atoms with Gasteiger partial charge in [-0.3, -0.25) is 4.79 Å². The summed E-state index contributed by atoms with van der Waals surface area (Å²) in [5.74, 6) is -0.539. The number of hydrogen-bond acceptors (Lipinski definition) is 4. The Bertz CT molecular complexity index is 1500. The van der Waals surface area contributed by atoms with Crippen LogP contribution in [0.5, 0.6) is 0 Å². The minimum atomic E-state index is -4.70. The van der Waals surface area contributed by atoms with Crippen molar-refractivity contribution in [1.82, 2.24) is 29.9 Å². The molecule has 5 rings (SSSR count). The monoisotopic (exact) mass is 542 g/mol. The molecule has 3 heterocycles. The van der Waals surface area contributed by atoms with Gasteiger partial charge in [-0.2, -0.15) is 41.3 Å². The quantitative estimate of drug-likeness (QED) is 0.323. The number of amides is 1. The lowest BCUT2D eigenvalue weighted by Crippen LogP contribution is -2.44. The topological polar surface area (TPSA) is 79.7 Å². The summed E-state index contributed by atoms with van der Waals surface area (Å²) in [5, 5.41) is 7.36. The van der Waals surface area contributed by atoms with Gasteiger partial charge in [-0.05, 0) is 50.1 Å². The van der Waals surface area contributed by atoms with E-state index < -0.39 is 39.9 Å². The van der Waals surface area contributed by atoms with E-state index in [4.69, 9.17) is 11.6 Å². The number of nitrogens with zero attached hydrogens (tertiary/aromatic N) is 5. The molecule has 0 radical (unpaired) electrons. The van der Waals surface area contributed by atoms with E-state index in [1.54, 1.807) is 6.92 Å². The average Bonchev–Trinajstić information content (AvgIpc) is 3.56. The van der Waals surface area contributed by atoms with Gasteiger partial charge >= 0.3 is 12.4 Å². The second-order valence-electron chi connectivity index (χ2n) is 8.81. The highest BCUT2D eigenvalue weighted by Gasteiger charge is 2.45. The van der Waals surface area contributed by atoms with Crippen LogP contribution in [0.2, 0.25) is 5.02 Å². The summed E-state index contributed by atoms with van der Waals surface area (Å²) in [6.45, 7) is 1.84. The van der Waals surface area contributed by atoms with Gasteiger partial charge in [0.25, 0.3) is 5.91 Å². The predicted octanol–water partition coefficient (Wildman–Crippen LogP) is 5.99. The van der Waals surface area contributed by atoms with Crippen LogP contribution in [0, 0.1) is 0 Å². The zero-order valence-electron chi connectivity index (χ0n) is 19.0. The van der Waals surface area contributed by atoms with Crippen molar-refractivity contribution in [2.45, 2.75) is 37.7 Å². The average molecular weight is 543 g/mol. The number of aromatic amines is 1. The van der Waals surface area contributed by atoms with Gasteiger partial charge in [0.2, 0.25) is 0 Å². The highest BCUT2D eigenvalue weighted by molar-refractivity contribution is 6.32. The van der Waals surface area contributed by atoms with Crippen molar-refractivity contribution in [3.8, 4) is 5.69 Å². The van der Waals surface area contributed by atoms with E-state index in [0.29, 0.717) is 12.8 Å². The number of fused-ring (bicyclic) bond motifs is 1. The second-order valence-corrected chi connectivity index (χ2v) is 9.22. The molecule has 1 fully saturated rings. The van der Waals surface area contributed by atoms with Crippen molar-refractivity contribution < 1.29 is 31.1 Å². The number of imidazole rings is 1. The van der Waals surface area contributed by atoms with Gasteiger partial charge < -0.3 is 9.88 Å². The number of nitrogens with one attached hydrogen (secondary N) is 1. The highest BCUT2D eigenvalue weighted by atomic mass is 35.5. The van der Waals surface area contributed by atoms with Crippen LogP contribution in [0.25, 0.3) is 16.7 Å². The van der Waals surface area contributed by atoms with Crippen LogP contribution in [0.4, 0.5) is 26.3 Å². The van der Waals surface area contributed by atoms with Crippen LogP contribution in [0.3, 0.4) is 0 Å². The molecule has 1 unspecified atom stereocenters. The SMILES string of the molecule is CC1(c2nc3cc(C(F)(F)F)c(Cl)cc3[nH]2)CCCN1C(=O)c1cc(C(F)(F)F)ccc1-n1nccn1. The number of aromatic nitrogens is 5. The van der Waals surface area contributed by atoms with Gasteiger partial charge in [0, 0.05) is 6.54 Å². The molecule has 14 heteroatoms. The third-order valence-electron chi connectivity index (χ3n) is 6.46. The number of rotatable bonds is 3. The molecule has 37 heavy (non-hydrogen) atoms. The Balaban J connectivity index is 1.59. The molecule has 2 aromatic heterocycles. The molecule has 1 N–H and O–H groups in total. The van der Waals surface area contributed by atoms with Crippen molar-refractivity contribution >= 4 is 28.5 Å². The Hall–Kier alpha value is -3.61. The van der Waals surface area contributed by atoms with Crippen molar-refractivity contribution in [2.75, 3.05) is 6.54 Å². The Labute approximate surface area is 210 Å². The summed E-state index contributed by atoms with van der Waals surface area (Å²) >= 11 is 5.83. The van der Waals surface area contributed by atoms with E-state index in [0.717, 1.165) is 35.1 Å². The minimum Gasteiger partial charge on any atom is -0.340 e. The van der Waals surface area contributed by atoms with E-state index in [1.807, 2.05) is 0 Å². The summed E-state index contributed by atoms with van der Waals surface area (Å²) < 4.78 is 80.5. The van der Waals surface area contributed by atoms with Gasteiger partial charge in [-0.15, -0.1) is 0 Å². The first-order chi connectivity index (χ1) is 17.3. The fourth-order valence-electron chi connectivity index (χ4n) is 4.58. The molecule has 0 saturated carbocycles. The second kappa shape index (κ2) is 8.47. The molecule has 2 aromatic carbocycles. The number of benzene rings is 2. The smallest absolute Gasteiger partial charge is 0.340 e. The van der Waals surface area contributed by atoms with Crippen molar-refractivity contribution in [3.05, 3.63) is 70.3 Å². The van der Waals surface area contributed by atoms with Gasteiger partial charge in [0.1, 0.15) is 5.82 Å². The fourth-order valence-corrected chi connectivity index (χ4v) is 4.85. The lowest BCUT2D eigenvalue weighted by Gasteiger charge is -2.34. The number of hydrogen-bond donors (Lipinski definition) is 1. The molecule has 1 amide bonds. The maximum Gasteiger partial charge on any atom is 0.417 e. The Morgan fingerprint density at radius 3 is 2.41 bits per heavy atom. The Morgan fingerprint density at radius 1 is 1.05 bits per heavy atom. The fraction of sp³-hybridized carbons (Fsp3) is 0.304. The van der Waals surface area contributed by atoms with Crippen LogP contribution in [-0.4, -0.2) is 42.3 Å². The van der Waals surface area contributed by atoms with E-state index in [-0.39, 0.29) is 34.7 Å². The molecule has 7 nitrogen and oxygen atoms in total. The zero-order chi connectivity index (χ0) is 26.8.